The van der Waals surface area contributed by atoms with Gasteiger partial charge in [0.25, 0.3) is 0 Å². The lowest BCUT2D eigenvalue weighted by Crippen LogP contribution is -2.56. The average Bonchev–Trinajstić information content (AvgIpc) is 2.38. The average molecular weight is 246 g/mol. The molecule has 1 saturated heterocycles. The molecule has 0 N–H and O–H groups in total. The number of carbonyl (C=O) groups is 1. The molecule has 3 nitrogen and oxygen atoms in total. The van der Waals surface area contributed by atoms with Crippen molar-refractivity contribution in [2.24, 2.45) is 0 Å². The standard InChI is InChI=1S/C15H22N2O/c1-4-13-10-11-16(12(2)3)15(18)17(13)14-8-6-5-7-9-14/h5-9,12-13H,4,10-11H2,1-3H3. The fourth-order valence-electron chi connectivity index (χ4n) is 2.58. The van der Waals surface area contributed by atoms with E-state index in [1.54, 1.807) is 0 Å². The third-order valence-corrected chi connectivity index (χ3v) is 3.65. The second-order valence-electron chi connectivity index (χ2n) is 5.13. The zero-order valence-electron chi connectivity index (χ0n) is 11.5. The van der Waals surface area contributed by atoms with Crippen LogP contribution in [0.15, 0.2) is 30.3 Å². The van der Waals surface area contributed by atoms with Crippen molar-refractivity contribution in [1.29, 1.82) is 0 Å². The molecule has 2 amide bonds. The monoisotopic (exact) mass is 246 g/mol. The summed E-state index contributed by atoms with van der Waals surface area (Å²) < 4.78 is 0. The van der Waals surface area contributed by atoms with E-state index in [4.69, 9.17) is 0 Å². The van der Waals surface area contributed by atoms with Gasteiger partial charge in [-0.15, -0.1) is 0 Å². The van der Waals surface area contributed by atoms with Crippen LogP contribution in [0.25, 0.3) is 0 Å². The number of hydrogen-bond acceptors (Lipinski definition) is 1. The van der Waals surface area contributed by atoms with Crippen LogP contribution in [0.3, 0.4) is 0 Å². The molecule has 0 saturated carbocycles. The first kappa shape index (κ1) is 12.9. The van der Waals surface area contributed by atoms with Gasteiger partial charge in [0.05, 0.1) is 0 Å². The van der Waals surface area contributed by atoms with Gasteiger partial charge in [0, 0.05) is 24.3 Å². The summed E-state index contributed by atoms with van der Waals surface area (Å²) in [5.41, 5.74) is 1.01. The lowest BCUT2D eigenvalue weighted by atomic mass is 10.0. The van der Waals surface area contributed by atoms with Crippen LogP contribution in [0.1, 0.15) is 33.6 Å². The van der Waals surface area contributed by atoms with Gasteiger partial charge in [0.2, 0.25) is 0 Å². The molecule has 1 fully saturated rings. The van der Waals surface area contributed by atoms with Crippen molar-refractivity contribution in [2.75, 3.05) is 11.4 Å². The number of urea groups is 1. The normalized spacial score (nSPS) is 20.7. The van der Waals surface area contributed by atoms with E-state index >= 15 is 0 Å². The van der Waals surface area contributed by atoms with Crippen molar-refractivity contribution in [2.45, 2.75) is 45.7 Å². The quantitative estimate of drug-likeness (QED) is 0.800. The van der Waals surface area contributed by atoms with Gasteiger partial charge in [-0.05, 0) is 38.8 Å². The molecule has 0 radical (unpaired) electrons. The van der Waals surface area contributed by atoms with Gasteiger partial charge < -0.3 is 4.90 Å². The number of hydrogen-bond donors (Lipinski definition) is 0. The van der Waals surface area contributed by atoms with Gasteiger partial charge in [-0.2, -0.15) is 0 Å². The van der Waals surface area contributed by atoms with E-state index < -0.39 is 0 Å². The largest absolute Gasteiger partial charge is 0.324 e. The van der Waals surface area contributed by atoms with Gasteiger partial charge >= 0.3 is 6.03 Å². The molecule has 0 spiro atoms. The van der Waals surface area contributed by atoms with Gasteiger partial charge in [-0.25, -0.2) is 4.79 Å². The molecule has 2 rings (SSSR count). The number of rotatable bonds is 3. The van der Waals surface area contributed by atoms with Crippen molar-refractivity contribution < 1.29 is 4.79 Å². The number of para-hydroxylation sites is 1. The molecule has 1 aliphatic heterocycles. The van der Waals surface area contributed by atoms with E-state index in [2.05, 4.69) is 20.8 Å². The van der Waals surface area contributed by atoms with Crippen LogP contribution < -0.4 is 4.90 Å². The minimum atomic E-state index is 0.148. The second kappa shape index (κ2) is 5.42. The summed E-state index contributed by atoms with van der Waals surface area (Å²) in [6.07, 6.45) is 2.06. The number of nitrogens with zero attached hydrogens (tertiary/aromatic N) is 2. The highest BCUT2D eigenvalue weighted by atomic mass is 16.2. The summed E-state index contributed by atoms with van der Waals surface area (Å²) in [5.74, 6) is 0. The van der Waals surface area contributed by atoms with Crippen molar-refractivity contribution in [1.82, 2.24) is 4.90 Å². The molecule has 18 heavy (non-hydrogen) atoms. The van der Waals surface area contributed by atoms with E-state index in [1.165, 1.54) is 0 Å². The molecular formula is C15H22N2O. The lowest BCUT2D eigenvalue weighted by Gasteiger charge is -2.43. The highest BCUT2D eigenvalue weighted by molar-refractivity contribution is 5.93. The first-order valence-electron chi connectivity index (χ1n) is 6.80. The zero-order chi connectivity index (χ0) is 13.1. The molecule has 1 heterocycles. The Morgan fingerprint density at radius 3 is 2.50 bits per heavy atom. The number of amides is 2. The first-order valence-corrected chi connectivity index (χ1v) is 6.80. The maximum absolute atomic E-state index is 12.6. The molecule has 0 aromatic heterocycles. The minimum Gasteiger partial charge on any atom is -0.322 e. The maximum atomic E-state index is 12.6. The molecule has 1 aromatic carbocycles. The fraction of sp³-hybridized carbons (Fsp3) is 0.533. The van der Waals surface area contributed by atoms with Crippen LogP contribution >= 0.6 is 0 Å². The fourth-order valence-corrected chi connectivity index (χ4v) is 2.58. The predicted molar refractivity (Wildman–Crippen MR) is 74.9 cm³/mol. The van der Waals surface area contributed by atoms with Crippen molar-refractivity contribution in [3.63, 3.8) is 0 Å². The zero-order valence-corrected chi connectivity index (χ0v) is 11.5. The van der Waals surface area contributed by atoms with Crippen molar-refractivity contribution >= 4 is 11.7 Å². The molecule has 1 aliphatic rings. The minimum absolute atomic E-state index is 0.148. The number of carbonyl (C=O) groups excluding carboxylic acids is 1. The predicted octanol–water partition coefficient (Wildman–Crippen LogP) is 3.51. The Kier molecular flexibility index (Phi) is 3.90. The van der Waals surface area contributed by atoms with Gasteiger partial charge in [0.15, 0.2) is 0 Å². The van der Waals surface area contributed by atoms with Gasteiger partial charge in [0.1, 0.15) is 0 Å². The SMILES string of the molecule is CCC1CCN(C(C)C)C(=O)N1c1ccccc1. The summed E-state index contributed by atoms with van der Waals surface area (Å²) in [7, 11) is 0. The second-order valence-corrected chi connectivity index (χ2v) is 5.13. The Labute approximate surface area is 109 Å². The molecular weight excluding hydrogens is 224 g/mol. The Morgan fingerprint density at radius 1 is 1.28 bits per heavy atom. The number of benzene rings is 1. The molecule has 98 valence electrons. The third kappa shape index (κ3) is 2.35. The Hall–Kier alpha value is -1.51. The smallest absolute Gasteiger partial charge is 0.322 e. The molecule has 1 atom stereocenters. The molecule has 1 unspecified atom stereocenters. The Morgan fingerprint density at radius 2 is 1.94 bits per heavy atom. The maximum Gasteiger partial charge on any atom is 0.324 e. The number of anilines is 1. The van der Waals surface area contributed by atoms with Crippen LogP contribution in [-0.4, -0.2) is 29.6 Å². The Balaban J connectivity index is 2.30. The first-order chi connectivity index (χ1) is 8.65. The molecule has 0 aliphatic carbocycles. The summed E-state index contributed by atoms with van der Waals surface area (Å²) in [6, 6.07) is 10.7. The van der Waals surface area contributed by atoms with Crippen LogP contribution in [0.4, 0.5) is 10.5 Å². The van der Waals surface area contributed by atoms with E-state index in [0.29, 0.717) is 6.04 Å². The van der Waals surface area contributed by atoms with E-state index in [0.717, 1.165) is 25.1 Å². The highest BCUT2D eigenvalue weighted by Gasteiger charge is 2.34. The summed E-state index contributed by atoms with van der Waals surface area (Å²) in [4.78, 5) is 16.5. The molecule has 3 heteroatoms. The summed E-state index contributed by atoms with van der Waals surface area (Å²) in [6.45, 7) is 7.18. The lowest BCUT2D eigenvalue weighted by molar-refractivity contribution is 0.170. The van der Waals surface area contributed by atoms with Crippen LogP contribution in [0.2, 0.25) is 0 Å². The van der Waals surface area contributed by atoms with E-state index in [1.807, 2.05) is 40.1 Å². The van der Waals surface area contributed by atoms with Gasteiger partial charge in [-0.1, -0.05) is 25.1 Å². The Bertz CT molecular complexity index is 402. The van der Waals surface area contributed by atoms with Crippen LogP contribution in [-0.2, 0) is 0 Å². The highest BCUT2D eigenvalue weighted by Crippen LogP contribution is 2.26. The summed E-state index contributed by atoms with van der Waals surface area (Å²) in [5, 5.41) is 0. The van der Waals surface area contributed by atoms with Gasteiger partial charge in [-0.3, -0.25) is 4.90 Å². The third-order valence-electron chi connectivity index (χ3n) is 3.65. The topological polar surface area (TPSA) is 23.6 Å². The van der Waals surface area contributed by atoms with Crippen LogP contribution in [0.5, 0.6) is 0 Å². The van der Waals surface area contributed by atoms with E-state index in [-0.39, 0.29) is 12.1 Å². The van der Waals surface area contributed by atoms with Crippen LogP contribution in [0, 0.1) is 0 Å². The molecule has 0 bridgehead atoms. The van der Waals surface area contributed by atoms with Crippen molar-refractivity contribution in [3.05, 3.63) is 30.3 Å². The molecule has 1 aromatic rings. The van der Waals surface area contributed by atoms with E-state index in [9.17, 15) is 4.79 Å². The summed E-state index contributed by atoms with van der Waals surface area (Å²) >= 11 is 0. The van der Waals surface area contributed by atoms with Crippen molar-refractivity contribution in [3.8, 4) is 0 Å².